The summed E-state index contributed by atoms with van der Waals surface area (Å²) in [4.78, 5) is 18.1. The van der Waals surface area contributed by atoms with E-state index < -0.39 is 11.9 Å². The quantitative estimate of drug-likeness (QED) is 0.685. The Morgan fingerprint density at radius 1 is 1.20 bits per heavy atom. The standard InChI is InChI=1S/C23H28F3N3O/c1-3-19(17-7-5-4-6-8-17)28-21(30)16-22(2)10-13-29(14-11-22)18-9-12-27-20(15-18)23(24,25)26/h4-9,12,15,19H,3,10-11,13-14,16H2,1-2H3,(H,28,30). The average molecular weight is 419 g/mol. The fourth-order valence-electron chi connectivity index (χ4n) is 3.99. The molecule has 1 aromatic heterocycles. The zero-order valence-electron chi connectivity index (χ0n) is 17.4. The first kappa shape index (κ1) is 22.1. The van der Waals surface area contributed by atoms with Crippen LogP contribution in [0.5, 0.6) is 0 Å². The van der Waals surface area contributed by atoms with Crippen LogP contribution in [0.25, 0.3) is 0 Å². The van der Waals surface area contributed by atoms with Crippen LogP contribution in [0, 0.1) is 5.41 Å². The number of nitrogens with one attached hydrogen (secondary N) is 1. The van der Waals surface area contributed by atoms with Crippen molar-refractivity contribution in [3.63, 3.8) is 0 Å². The summed E-state index contributed by atoms with van der Waals surface area (Å²) in [7, 11) is 0. The van der Waals surface area contributed by atoms with Crippen molar-refractivity contribution in [3.05, 3.63) is 59.9 Å². The lowest BCUT2D eigenvalue weighted by Gasteiger charge is -2.40. The molecule has 1 fully saturated rings. The predicted octanol–water partition coefficient (Wildman–Crippen LogP) is 5.36. The van der Waals surface area contributed by atoms with Crippen LogP contribution in [0.15, 0.2) is 48.7 Å². The van der Waals surface area contributed by atoms with Crippen LogP contribution in [0.1, 0.15) is 56.8 Å². The second-order valence-electron chi connectivity index (χ2n) is 8.31. The molecule has 2 heterocycles. The number of halogens is 3. The number of piperidine rings is 1. The third-order valence-electron chi connectivity index (χ3n) is 5.90. The number of alkyl halides is 3. The maximum Gasteiger partial charge on any atom is 0.433 e. The Morgan fingerprint density at radius 3 is 2.47 bits per heavy atom. The molecule has 1 saturated heterocycles. The molecule has 1 atom stereocenters. The first-order valence-electron chi connectivity index (χ1n) is 10.3. The molecule has 1 aliphatic heterocycles. The van der Waals surface area contributed by atoms with Crippen molar-refractivity contribution in [1.82, 2.24) is 10.3 Å². The molecule has 0 radical (unpaired) electrons. The summed E-state index contributed by atoms with van der Waals surface area (Å²) < 4.78 is 38.8. The first-order valence-corrected chi connectivity index (χ1v) is 10.3. The molecule has 1 aromatic carbocycles. The summed E-state index contributed by atoms with van der Waals surface area (Å²) >= 11 is 0. The normalized spacial score (nSPS) is 17.4. The van der Waals surface area contributed by atoms with E-state index in [1.165, 1.54) is 6.20 Å². The highest BCUT2D eigenvalue weighted by molar-refractivity contribution is 5.77. The summed E-state index contributed by atoms with van der Waals surface area (Å²) in [6.45, 7) is 5.35. The number of carbonyl (C=O) groups excluding carboxylic acids is 1. The van der Waals surface area contributed by atoms with E-state index in [1.807, 2.05) is 42.2 Å². The van der Waals surface area contributed by atoms with Gasteiger partial charge in [0.15, 0.2) is 0 Å². The molecule has 4 nitrogen and oxygen atoms in total. The number of pyridine rings is 1. The van der Waals surface area contributed by atoms with Gasteiger partial charge in [0.1, 0.15) is 5.69 Å². The fraction of sp³-hybridized carbons (Fsp3) is 0.478. The summed E-state index contributed by atoms with van der Waals surface area (Å²) in [5.41, 5.74) is 0.569. The number of hydrogen-bond acceptors (Lipinski definition) is 3. The number of aromatic nitrogens is 1. The highest BCUT2D eigenvalue weighted by Crippen LogP contribution is 2.37. The van der Waals surface area contributed by atoms with Gasteiger partial charge in [0.05, 0.1) is 6.04 Å². The zero-order chi connectivity index (χ0) is 21.8. The molecule has 1 unspecified atom stereocenters. The van der Waals surface area contributed by atoms with Crippen LogP contribution in [-0.2, 0) is 11.0 Å². The number of carbonyl (C=O) groups is 1. The topological polar surface area (TPSA) is 45.2 Å². The van der Waals surface area contributed by atoms with Gasteiger partial charge in [-0.05, 0) is 42.4 Å². The van der Waals surface area contributed by atoms with Gasteiger partial charge in [-0.2, -0.15) is 13.2 Å². The Labute approximate surface area is 175 Å². The third-order valence-corrected chi connectivity index (χ3v) is 5.90. The molecule has 3 rings (SSSR count). The molecular weight excluding hydrogens is 391 g/mol. The van der Waals surface area contributed by atoms with Gasteiger partial charge in [0.2, 0.25) is 5.91 Å². The van der Waals surface area contributed by atoms with Crippen molar-refractivity contribution in [2.45, 2.75) is 51.7 Å². The summed E-state index contributed by atoms with van der Waals surface area (Å²) in [6.07, 6.45) is -0.544. The molecule has 0 saturated carbocycles. The number of hydrogen-bond donors (Lipinski definition) is 1. The summed E-state index contributed by atoms with van der Waals surface area (Å²) in [5, 5.41) is 3.14. The Morgan fingerprint density at radius 2 is 1.87 bits per heavy atom. The van der Waals surface area contributed by atoms with Gasteiger partial charge in [0, 0.05) is 31.4 Å². The molecular formula is C23H28F3N3O. The maximum absolute atomic E-state index is 12.9. The molecule has 2 aromatic rings. The van der Waals surface area contributed by atoms with Crippen molar-refractivity contribution < 1.29 is 18.0 Å². The monoisotopic (exact) mass is 419 g/mol. The van der Waals surface area contributed by atoms with Gasteiger partial charge >= 0.3 is 6.18 Å². The maximum atomic E-state index is 12.9. The van der Waals surface area contributed by atoms with Gasteiger partial charge in [-0.25, -0.2) is 0 Å². The second kappa shape index (κ2) is 9.06. The molecule has 1 N–H and O–H groups in total. The van der Waals surface area contributed by atoms with E-state index >= 15 is 0 Å². The van der Waals surface area contributed by atoms with E-state index in [0.717, 1.165) is 30.9 Å². The number of benzene rings is 1. The van der Waals surface area contributed by atoms with Crippen LogP contribution in [0.4, 0.5) is 18.9 Å². The number of rotatable bonds is 6. The Hall–Kier alpha value is -2.57. The second-order valence-corrected chi connectivity index (χ2v) is 8.31. The van der Waals surface area contributed by atoms with E-state index in [4.69, 9.17) is 0 Å². The van der Waals surface area contributed by atoms with Crippen LogP contribution < -0.4 is 10.2 Å². The minimum atomic E-state index is -4.45. The highest BCUT2D eigenvalue weighted by Gasteiger charge is 2.35. The molecule has 1 aliphatic rings. The van der Waals surface area contributed by atoms with Gasteiger partial charge in [-0.3, -0.25) is 9.78 Å². The Balaban J connectivity index is 1.57. The lowest BCUT2D eigenvalue weighted by atomic mass is 9.77. The molecule has 7 heteroatoms. The van der Waals surface area contributed by atoms with E-state index in [1.54, 1.807) is 6.07 Å². The van der Waals surface area contributed by atoms with Crippen molar-refractivity contribution in [2.24, 2.45) is 5.41 Å². The SMILES string of the molecule is CCC(NC(=O)CC1(C)CCN(c2ccnc(C(F)(F)F)c2)CC1)c1ccccc1. The third kappa shape index (κ3) is 5.52. The van der Waals surface area contributed by atoms with E-state index in [0.29, 0.717) is 25.2 Å². The van der Waals surface area contributed by atoms with Gasteiger partial charge < -0.3 is 10.2 Å². The average Bonchev–Trinajstić information content (AvgIpc) is 2.72. The highest BCUT2D eigenvalue weighted by atomic mass is 19.4. The molecule has 1 amide bonds. The minimum Gasteiger partial charge on any atom is -0.371 e. The van der Waals surface area contributed by atoms with E-state index in [-0.39, 0.29) is 17.4 Å². The Bertz CT molecular complexity index is 846. The summed E-state index contributed by atoms with van der Waals surface area (Å²) in [5.74, 6) is 0.0184. The molecule has 30 heavy (non-hydrogen) atoms. The first-order chi connectivity index (χ1) is 14.2. The summed E-state index contributed by atoms with van der Waals surface area (Å²) in [6, 6.07) is 12.6. The molecule has 0 bridgehead atoms. The largest absolute Gasteiger partial charge is 0.433 e. The van der Waals surface area contributed by atoms with Gasteiger partial charge in [0.25, 0.3) is 0 Å². The van der Waals surface area contributed by atoms with Crippen molar-refractivity contribution in [2.75, 3.05) is 18.0 Å². The molecule has 0 spiro atoms. The van der Waals surface area contributed by atoms with Crippen LogP contribution in [0.3, 0.4) is 0 Å². The van der Waals surface area contributed by atoms with Crippen LogP contribution in [0.2, 0.25) is 0 Å². The molecule has 0 aliphatic carbocycles. The van der Waals surface area contributed by atoms with Crippen molar-refractivity contribution in [1.29, 1.82) is 0 Å². The Kier molecular flexibility index (Phi) is 6.68. The predicted molar refractivity (Wildman–Crippen MR) is 111 cm³/mol. The van der Waals surface area contributed by atoms with Crippen LogP contribution >= 0.6 is 0 Å². The van der Waals surface area contributed by atoms with Gasteiger partial charge in [-0.15, -0.1) is 0 Å². The zero-order valence-corrected chi connectivity index (χ0v) is 17.4. The fourth-order valence-corrected chi connectivity index (χ4v) is 3.99. The van der Waals surface area contributed by atoms with E-state index in [9.17, 15) is 18.0 Å². The number of nitrogens with zero attached hydrogens (tertiary/aromatic N) is 2. The van der Waals surface area contributed by atoms with Crippen molar-refractivity contribution >= 4 is 11.6 Å². The van der Waals surface area contributed by atoms with Gasteiger partial charge in [-0.1, -0.05) is 44.2 Å². The number of amides is 1. The molecule has 162 valence electrons. The smallest absolute Gasteiger partial charge is 0.371 e. The van der Waals surface area contributed by atoms with Crippen molar-refractivity contribution in [3.8, 4) is 0 Å². The lowest BCUT2D eigenvalue weighted by Crippen LogP contribution is -2.42. The number of anilines is 1. The lowest BCUT2D eigenvalue weighted by molar-refractivity contribution is -0.141. The van der Waals surface area contributed by atoms with E-state index in [2.05, 4.69) is 17.2 Å². The van der Waals surface area contributed by atoms with Crippen LogP contribution in [-0.4, -0.2) is 24.0 Å². The minimum absolute atomic E-state index is 0.0139.